The van der Waals surface area contributed by atoms with Gasteiger partial charge in [0.05, 0.1) is 26.4 Å². The number of hydrogen-bond acceptors (Lipinski definition) is 17. The number of phosphoric acid groups is 2. The number of aliphatic hydroxyl groups is 1. The minimum Gasteiger partial charge on any atom is -0.756 e. The zero-order chi connectivity index (χ0) is 70.4. The standard InChI is InChI=1S/C77H146O17P2/c1-5-9-13-17-21-25-29-33-35-39-43-47-51-55-59-63-76(81)93-72(67-87-74(79)61-57-53-49-45-41-37-31-27-23-19-15-11-7-3)69-91-95(83,84)89-65-71(78)66-90-96(85,86)92-70-73(68-88-75(80)62-58-54-50-46-42-38-32-28-24-20-16-12-8-4)94-77(82)64-60-56-52-48-44-40-36-34-30-26-22-18-14-10-6-2/h25-26,29-30,71-73,78H,5-24,27-28,31-70H2,1-4H3,(H,83,84)(H,85,86)/p-2/b29-25-,30-26-/t72-,73-/m1/s1. The largest absolute Gasteiger partial charge is 0.756 e. The van der Waals surface area contributed by atoms with Gasteiger partial charge in [-0.25, -0.2) is 0 Å². The van der Waals surface area contributed by atoms with Crippen LogP contribution in [0.2, 0.25) is 0 Å². The normalized spacial score (nSPS) is 14.0. The Hall–Kier alpha value is -2.46. The van der Waals surface area contributed by atoms with Crippen LogP contribution in [0, 0.1) is 0 Å². The molecule has 566 valence electrons. The van der Waals surface area contributed by atoms with Crippen LogP contribution in [0.1, 0.15) is 387 Å². The van der Waals surface area contributed by atoms with E-state index in [1.807, 2.05) is 0 Å². The van der Waals surface area contributed by atoms with E-state index in [1.165, 1.54) is 167 Å². The van der Waals surface area contributed by atoms with Gasteiger partial charge in [0.2, 0.25) is 0 Å². The number of unbranched alkanes of at least 4 members (excludes halogenated alkanes) is 46. The summed E-state index contributed by atoms with van der Waals surface area (Å²) in [5, 5.41) is 10.6. The lowest BCUT2D eigenvalue weighted by Crippen LogP contribution is -2.31. The minimum atomic E-state index is -5.23. The van der Waals surface area contributed by atoms with E-state index < -0.39 is 97.5 Å². The van der Waals surface area contributed by atoms with Crippen LogP contribution in [-0.4, -0.2) is 86.9 Å². The van der Waals surface area contributed by atoms with Gasteiger partial charge >= 0.3 is 23.9 Å². The summed E-state index contributed by atoms with van der Waals surface area (Å²) >= 11 is 0. The molecule has 96 heavy (non-hydrogen) atoms. The second kappa shape index (κ2) is 71.0. The highest BCUT2D eigenvalue weighted by Gasteiger charge is 2.25. The van der Waals surface area contributed by atoms with E-state index in [0.29, 0.717) is 25.7 Å². The Labute approximate surface area is 586 Å². The Morgan fingerprint density at radius 3 is 0.740 bits per heavy atom. The van der Waals surface area contributed by atoms with Gasteiger partial charge in [-0.15, -0.1) is 0 Å². The van der Waals surface area contributed by atoms with Crippen LogP contribution < -0.4 is 9.79 Å². The molecule has 19 heteroatoms. The average molecular weight is 1400 g/mol. The average Bonchev–Trinajstić information content (AvgIpc) is 1.19. The topological polar surface area (TPSA) is 243 Å². The van der Waals surface area contributed by atoms with E-state index in [1.54, 1.807) is 0 Å². The molecule has 0 bridgehead atoms. The van der Waals surface area contributed by atoms with E-state index >= 15 is 0 Å². The molecule has 0 heterocycles. The van der Waals surface area contributed by atoms with Crippen molar-refractivity contribution in [3.8, 4) is 0 Å². The molecule has 0 saturated heterocycles. The van der Waals surface area contributed by atoms with Gasteiger partial charge in [0, 0.05) is 25.7 Å². The third kappa shape index (κ3) is 70.0. The summed E-state index contributed by atoms with van der Waals surface area (Å²) in [6.07, 6.45) is 63.7. The van der Waals surface area contributed by atoms with Gasteiger partial charge in [-0.2, -0.15) is 0 Å². The van der Waals surface area contributed by atoms with Crippen LogP contribution in [0.15, 0.2) is 24.3 Å². The molecule has 0 fully saturated rings. The predicted octanol–water partition coefficient (Wildman–Crippen LogP) is 21.3. The summed E-state index contributed by atoms with van der Waals surface area (Å²) in [6, 6.07) is 0. The Bertz CT molecular complexity index is 1790. The minimum absolute atomic E-state index is 0.0780. The Kier molecular flexibility index (Phi) is 69.1. The molecule has 0 aromatic carbocycles. The molecule has 0 saturated carbocycles. The van der Waals surface area contributed by atoms with Crippen LogP contribution in [0.3, 0.4) is 0 Å². The molecule has 17 nitrogen and oxygen atoms in total. The van der Waals surface area contributed by atoms with Crippen molar-refractivity contribution in [1.82, 2.24) is 0 Å². The zero-order valence-electron chi connectivity index (χ0n) is 61.8. The number of rotatable bonds is 76. The number of allylic oxidation sites excluding steroid dienone is 4. The summed E-state index contributed by atoms with van der Waals surface area (Å²) in [6.45, 7) is 4.53. The lowest BCUT2D eigenvalue weighted by Gasteiger charge is -2.28. The molecule has 0 aromatic heterocycles. The second-order valence-electron chi connectivity index (χ2n) is 27.0. The number of esters is 4. The van der Waals surface area contributed by atoms with Gasteiger partial charge in [0.15, 0.2) is 12.2 Å². The van der Waals surface area contributed by atoms with Gasteiger partial charge in [-0.05, 0) is 77.0 Å². The maximum absolute atomic E-state index is 13.0. The molecule has 0 aliphatic heterocycles. The Morgan fingerprint density at radius 2 is 0.490 bits per heavy atom. The highest BCUT2D eigenvalue weighted by Crippen LogP contribution is 2.41. The van der Waals surface area contributed by atoms with E-state index in [0.717, 1.165) is 141 Å². The maximum Gasteiger partial charge on any atom is 0.306 e. The van der Waals surface area contributed by atoms with Gasteiger partial charge in [-0.3, -0.25) is 28.3 Å². The highest BCUT2D eigenvalue weighted by molar-refractivity contribution is 7.46. The Morgan fingerprint density at radius 1 is 0.292 bits per heavy atom. The molecule has 0 rings (SSSR count). The molecule has 0 spiro atoms. The van der Waals surface area contributed by atoms with Crippen LogP contribution in [0.25, 0.3) is 0 Å². The third-order valence-corrected chi connectivity index (χ3v) is 19.3. The first-order chi connectivity index (χ1) is 46.7. The lowest BCUT2D eigenvalue weighted by atomic mass is 10.0. The fourth-order valence-corrected chi connectivity index (χ4v) is 12.9. The number of carbonyl (C=O) groups is 4. The van der Waals surface area contributed by atoms with E-state index in [9.17, 15) is 43.2 Å². The van der Waals surface area contributed by atoms with Crippen LogP contribution in [-0.2, 0) is 65.4 Å². The van der Waals surface area contributed by atoms with Crippen molar-refractivity contribution >= 4 is 39.5 Å². The SMILES string of the molecule is CCCCCC/C=C\CCCCCCCCCC(=O)O[C@H](COC(=O)CCCCCCCCCCCCCCC)COP(=O)([O-])OCC(O)COP(=O)([O-])OC[C@@H](COC(=O)CCCCCCCCCCCCCCC)OC(=O)CCCCCCCCC/C=C\CCCCCC. The summed E-state index contributed by atoms with van der Waals surface area (Å²) in [4.78, 5) is 77.5. The molecule has 0 amide bonds. The lowest BCUT2D eigenvalue weighted by molar-refractivity contribution is -0.233. The van der Waals surface area contributed by atoms with Crippen molar-refractivity contribution < 1.29 is 80.2 Å². The van der Waals surface area contributed by atoms with Gasteiger partial charge in [0.25, 0.3) is 15.6 Å². The second-order valence-corrected chi connectivity index (χ2v) is 29.8. The van der Waals surface area contributed by atoms with E-state index in [4.69, 9.17) is 37.0 Å². The van der Waals surface area contributed by atoms with Crippen LogP contribution >= 0.6 is 15.6 Å². The fourth-order valence-electron chi connectivity index (χ4n) is 11.3. The quantitative estimate of drug-likeness (QED) is 0.0196. The van der Waals surface area contributed by atoms with E-state index in [2.05, 4.69) is 52.0 Å². The summed E-state index contributed by atoms with van der Waals surface area (Å²) in [5.74, 6) is -2.23. The van der Waals surface area contributed by atoms with Crippen molar-refractivity contribution in [1.29, 1.82) is 0 Å². The zero-order valence-corrected chi connectivity index (χ0v) is 63.5. The molecule has 2 unspecified atom stereocenters. The van der Waals surface area contributed by atoms with Crippen molar-refractivity contribution in [2.45, 2.75) is 406 Å². The summed E-state index contributed by atoms with van der Waals surface area (Å²) in [7, 11) is -10.5. The van der Waals surface area contributed by atoms with E-state index in [-0.39, 0.29) is 25.7 Å². The highest BCUT2D eigenvalue weighted by atomic mass is 31.2. The van der Waals surface area contributed by atoms with Crippen LogP contribution in [0.5, 0.6) is 0 Å². The predicted molar refractivity (Wildman–Crippen MR) is 386 cm³/mol. The molecule has 0 aliphatic rings. The molecule has 0 aliphatic carbocycles. The van der Waals surface area contributed by atoms with Gasteiger partial charge < -0.3 is 51.9 Å². The molecule has 0 radical (unpaired) electrons. The van der Waals surface area contributed by atoms with Crippen molar-refractivity contribution in [3.63, 3.8) is 0 Å². The monoisotopic (exact) mass is 1400 g/mol. The molecule has 0 aromatic rings. The van der Waals surface area contributed by atoms with Gasteiger partial charge in [0.1, 0.15) is 19.3 Å². The smallest absolute Gasteiger partial charge is 0.306 e. The number of carbonyl (C=O) groups excluding carboxylic acids is 4. The first-order valence-corrected chi connectivity index (χ1v) is 42.5. The summed E-state index contributed by atoms with van der Waals surface area (Å²) in [5.41, 5.74) is 0. The molecular weight excluding hydrogens is 1260 g/mol. The first kappa shape index (κ1) is 93.5. The van der Waals surface area contributed by atoms with Crippen molar-refractivity contribution in [2.75, 3.05) is 39.6 Å². The van der Waals surface area contributed by atoms with Crippen molar-refractivity contribution in [2.24, 2.45) is 0 Å². The Balaban J connectivity index is 5.29. The molecule has 1 N–H and O–H groups in total. The van der Waals surface area contributed by atoms with Crippen LogP contribution in [0.4, 0.5) is 0 Å². The number of hydrogen-bond donors (Lipinski definition) is 1. The third-order valence-electron chi connectivity index (χ3n) is 17.4. The number of phosphoric ester groups is 2. The molecular formula is C77H144O17P2-2. The number of ether oxygens (including phenoxy) is 4. The molecule has 4 atom stereocenters. The number of aliphatic hydroxyl groups excluding tert-OH is 1. The first-order valence-electron chi connectivity index (χ1n) is 39.5. The fraction of sp³-hybridized carbons (Fsp3) is 0.896. The maximum atomic E-state index is 13.0. The van der Waals surface area contributed by atoms with Gasteiger partial charge in [-0.1, -0.05) is 309 Å². The van der Waals surface area contributed by atoms with Crippen molar-refractivity contribution in [3.05, 3.63) is 24.3 Å². The summed E-state index contributed by atoms with van der Waals surface area (Å²) < 4.78 is 67.7.